The number of halogens is 2. The fraction of sp³-hybridized carbons (Fsp3) is 0.231. The Kier molecular flexibility index (Phi) is 3.24. The van der Waals surface area contributed by atoms with Crippen LogP contribution in [0.25, 0.3) is 0 Å². The maximum Gasteiger partial charge on any atom is 0.159 e. The summed E-state index contributed by atoms with van der Waals surface area (Å²) in [6.07, 6.45) is 0.896. The van der Waals surface area contributed by atoms with E-state index >= 15 is 0 Å². The van der Waals surface area contributed by atoms with Gasteiger partial charge in [-0.2, -0.15) is 0 Å². The Hall–Kier alpha value is -1.68. The second-order valence-electron chi connectivity index (χ2n) is 3.96. The summed E-state index contributed by atoms with van der Waals surface area (Å²) in [5.41, 5.74) is 1.17. The van der Waals surface area contributed by atoms with Crippen molar-refractivity contribution in [2.24, 2.45) is 0 Å². The number of hydrogen-bond acceptors (Lipinski definition) is 2. The molecule has 0 fully saturated rings. The maximum absolute atomic E-state index is 13.0. The first kappa shape index (κ1) is 11.8. The first-order chi connectivity index (χ1) is 8.06. The molecule has 1 heterocycles. The van der Waals surface area contributed by atoms with Crippen molar-refractivity contribution >= 4 is 0 Å². The van der Waals surface area contributed by atoms with Crippen LogP contribution in [0.5, 0.6) is 0 Å². The van der Waals surface area contributed by atoms with Crippen LogP contribution in [0.2, 0.25) is 0 Å². The second kappa shape index (κ2) is 4.67. The lowest BCUT2D eigenvalue weighted by Crippen LogP contribution is -2.01. The molecule has 0 saturated heterocycles. The zero-order chi connectivity index (χ0) is 12.4. The van der Waals surface area contributed by atoms with Gasteiger partial charge in [0.05, 0.1) is 12.4 Å². The molecule has 2 nitrogen and oxygen atoms in total. The van der Waals surface area contributed by atoms with E-state index in [0.29, 0.717) is 16.9 Å². The van der Waals surface area contributed by atoms with Gasteiger partial charge >= 0.3 is 0 Å². The summed E-state index contributed by atoms with van der Waals surface area (Å²) in [7, 11) is 0. The van der Waals surface area contributed by atoms with E-state index in [9.17, 15) is 13.9 Å². The van der Waals surface area contributed by atoms with E-state index in [4.69, 9.17) is 4.42 Å². The minimum absolute atomic E-state index is 0.218. The minimum Gasteiger partial charge on any atom is -0.469 e. The minimum atomic E-state index is -0.905. The van der Waals surface area contributed by atoms with E-state index in [0.717, 1.165) is 12.1 Å². The summed E-state index contributed by atoms with van der Waals surface area (Å²) in [6.45, 7) is 1.77. The molecule has 0 spiro atoms. The van der Waals surface area contributed by atoms with Crippen molar-refractivity contribution in [2.75, 3.05) is 0 Å². The number of aryl methyl sites for hydroxylation is 1. The Balaban J connectivity index is 2.12. The second-order valence-corrected chi connectivity index (χ2v) is 3.96. The number of aliphatic hydroxyl groups is 1. The van der Waals surface area contributed by atoms with Gasteiger partial charge in [-0.15, -0.1) is 0 Å². The van der Waals surface area contributed by atoms with Crippen molar-refractivity contribution in [3.05, 3.63) is 59.1 Å². The third-order valence-electron chi connectivity index (χ3n) is 2.55. The molecule has 0 radical (unpaired) electrons. The fourth-order valence-electron chi connectivity index (χ4n) is 1.65. The SMILES string of the molecule is Cc1cc(C(O)Cc2ccc(F)c(F)c2)co1. The van der Waals surface area contributed by atoms with E-state index in [2.05, 4.69) is 0 Å². The van der Waals surface area contributed by atoms with Gasteiger partial charge in [-0.1, -0.05) is 6.07 Å². The Morgan fingerprint density at radius 3 is 2.59 bits per heavy atom. The molecule has 1 unspecified atom stereocenters. The van der Waals surface area contributed by atoms with Gasteiger partial charge in [-0.3, -0.25) is 0 Å². The van der Waals surface area contributed by atoms with Crippen molar-refractivity contribution < 1.29 is 18.3 Å². The summed E-state index contributed by atoms with van der Waals surface area (Å²) < 4.78 is 30.7. The molecular weight excluding hydrogens is 226 g/mol. The topological polar surface area (TPSA) is 33.4 Å². The van der Waals surface area contributed by atoms with E-state index < -0.39 is 17.7 Å². The lowest BCUT2D eigenvalue weighted by Gasteiger charge is -2.08. The molecular formula is C13H12F2O2. The van der Waals surface area contributed by atoms with Crippen LogP contribution in [-0.4, -0.2) is 5.11 Å². The third kappa shape index (κ3) is 2.71. The lowest BCUT2D eigenvalue weighted by molar-refractivity contribution is 0.177. The molecule has 4 heteroatoms. The van der Waals surface area contributed by atoms with E-state index in [1.54, 1.807) is 13.0 Å². The molecule has 2 aromatic rings. The number of furan rings is 1. The molecule has 0 aliphatic carbocycles. The van der Waals surface area contributed by atoms with Crippen LogP contribution >= 0.6 is 0 Å². The predicted molar refractivity (Wildman–Crippen MR) is 58.5 cm³/mol. The summed E-state index contributed by atoms with van der Waals surface area (Å²) >= 11 is 0. The third-order valence-corrected chi connectivity index (χ3v) is 2.55. The molecule has 1 N–H and O–H groups in total. The van der Waals surface area contributed by atoms with E-state index in [1.807, 2.05) is 0 Å². The molecule has 1 aromatic heterocycles. The highest BCUT2D eigenvalue weighted by molar-refractivity contribution is 5.22. The molecule has 0 amide bonds. The number of rotatable bonds is 3. The molecule has 1 aromatic carbocycles. The quantitative estimate of drug-likeness (QED) is 0.891. The normalized spacial score (nSPS) is 12.7. The molecule has 0 saturated carbocycles. The first-order valence-electron chi connectivity index (χ1n) is 5.23. The van der Waals surface area contributed by atoms with Crippen molar-refractivity contribution in [3.63, 3.8) is 0 Å². The number of hydrogen-bond donors (Lipinski definition) is 1. The molecule has 0 bridgehead atoms. The van der Waals surface area contributed by atoms with Crippen molar-refractivity contribution in [3.8, 4) is 0 Å². The predicted octanol–water partition coefficient (Wildman–Crippen LogP) is 3.14. The Morgan fingerprint density at radius 2 is 2.00 bits per heavy atom. The number of benzene rings is 1. The maximum atomic E-state index is 13.0. The van der Waals surface area contributed by atoms with Crippen LogP contribution in [-0.2, 0) is 6.42 Å². The lowest BCUT2D eigenvalue weighted by atomic mass is 10.0. The smallest absolute Gasteiger partial charge is 0.159 e. The van der Waals surface area contributed by atoms with Crippen LogP contribution in [0.3, 0.4) is 0 Å². The van der Waals surface area contributed by atoms with Crippen LogP contribution < -0.4 is 0 Å². The van der Waals surface area contributed by atoms with Crippen LogP contribution in [0, 0.1) is 18.6 Å². The molecule has 90 valence electrons. The summed E-state index contributed by atoms with van der Waals surface area (Å²) in [5.74, 6) is -1.09. The van der Waals surface area contributed by atoms with Gasteiger partial charge in [0.25, 0.3) is 0 Å². The average Bonchev–Trinajstić information content (AvgIpc) is 2.70. The fourth-order valence-corrected chi connectivity index (χ4v) is 1.65. The van der Waals surface area contributed by atoms with Gasteiger partial charge in [0, 0.05) is 12.0 Å². The average molecular weight is 238 g/mol. The summed E-state index contributed by atoms with van der Waals surface area (Å²) in [6, 6.07) is 5.31. The van der Waals surface area contributed by atoms with Gasteiger partial charge in [0.1, 0.15) is 5.76 Å². The molecule has 1 atom stereocenters. The van der Waals surface area contributed by atoms with E-state index in [1.165, 1.54) is 12.3 Å². The first-order valence-corrected chi connectivity index (χ1v) is 5.23. The van der Waals surface area contributed by atoms with Crippen molar-refractivity contribution in [1.82, 2.24) is 0 Å². The van der Waals surface area contributed by atoms with Crippen molar-refractivity contribution in [1.29, 1.82) is 0 Å². The number of aliphatic hydroxyl groups excluding tert-OH is 1. The Bertz CT molecular complexity index is 520. The van der Waals surface area contributed by atoms with Gasteiger partial charge < -0.3 is 9.52 Å². The van der Waals surface area contributed by atoms with Gasteiger partial charge in [-0.25, -0.2) is 8.78 Å². The largest absolute Gasteiger partial charge is 0.469 e. The molecule has 2 rings (SSSR count). The van der Waals surface area contributed by atoms with Crippen LogP contribution in [0.1, 0.15) is 23.0 Å². The Labute approximate surface area is 97.5 Å². The van der Waals surface area contributed by atoms with E-state index in [-0.39, 0.29) is 6.42 Å². The zero-order valence-electron chi connectivity index (χ0n) is 9.28. The van der Waals surface area contributed by atoms with Gasteiger partial charge in [0.15, 0.2) is 11.6 Å². The van der Waals surface area contributed by atoms with Crippen LogP contribution in [0.4, 0.5) is 8.78 Å². The van der Waals surface area contributed by atoms with Gasteiger partial charge in [0.2, 0.25) is 0 Å². The molecule has 0 aliphatic rings. The zero-order valence-corrected chi connectivity index (χ0v) is 9.28. The highest BCUT2D eigenvalue weighted by Crippen LogP contribution is 2.21. The highest BCUT2D eigenvalue weighted by atomic mass is 19.2. The van der Waals surface area contributed by atoms with Gasteiger partial charge in [-0.05, 0) is 30.7 Å². The highest BCUT2D eigenvalue weighted by Gasteiger charge is 2.12. The summed E-state index contributed by atoms with van der Waals surface area (Å²) in [4.78, 5) is 0. The van der Waals surface area contributed by atoms with Crippen molar-refractivity contribution in [2.45, 2.75) is 19.4 Å². The monoisotopic (exact) mass is 238 g/mol. The molecule has 0 aliphatic heterocycles. The van der Waals surface area contributed by atoms with Crippen LogP contribution in [0.15, 0.2) is 34.9 Å². The standard InChI is InChI=1S/C13H12F2O2/c1-8-4-10(7-17-8)13(16)6-9-2-3-11(14)12(15)5-9/h2-5,7,13,16H,6H2,1H3. The molecule has 17 heavy (non-hydrogen) atoms. The summed E-state index contributed by atoms with van der Waals surface area (Å²) in [5, 5.41) is 9.87. The Morgan fingerprint density at radius 1 is 1.24 bits per heavy atom.